The van der Waals surface area contributed by atoms with E-state index >= 15 is 0 Å². The molecule has 3 aromatic carbocycles. The monoisotopic (exact) mass is 499 g/mol. The Kier molecular flexibility index (Phi) is 7.83. The summed E-state index contributed by atoms with van der Waals surface area (Å²) < 4.78 is 0. The molecule has 9 heteroatoms. The molecule has 190 valence electrons. The highest BCUT2D eigenvalue weighted by molar-refractivity contribution is 6.05. The van der Waals surface area contributed by atoms with Gasteiger partial charge in [-0.25, -0.2) is 0 Å². The number of hydrogen-bond acceptors (Lipinski definition) is 6. The highest BCUT2D eigenvalue weighted by Gasteiger charge is 2.34. The Bertz CT molecular complexity index is 1310. The molecular formula is C28H29N5O4. The summed E-state index contributed by atoms with van der Waals surface area (Å²) in [6.45, 7) is 0.705. The van der Waals surface area contributed by atoms with Crippen molar-refractivity contribution >= 4 is 35.4 Å². The van der Waals surface area contributed by atoms with Crippen LogP contribution < -0.4 is 16.1 Å². The molecule has 1 atom stereocenters. The molecule has 0 spiro atoms. The number of anilines is 2. The highest BCUT2D eigenvalue weighted by atomic mass is 16.4. The summed E-state index contributed by atoms with van der Waals surface area (Å²) in [7, 11) is 1.72. The molecule has 0 radical (unpaired) electrons. The number of hydrogen-bond donors (Lipinski definition) is 3. The lowest BCUT2D eigenvalue weighted by molar-refractivity contribution is -0.142. The predicted molar refractivity (Wildman–Crippen MR) is 143 cm³/mol. The number of benzene rings is 3. The molecular weight excluding hydrogens is 470 g/mol. The summed E-state index contributed by atoms with van der Waals surface area (Å²) in [6.07, 6.45) is 1.83. The summed E-state index contributed by atoms with van der Waals surface area (Å²) in [6, 6.07) is 21.3. The van der Waals surface area contributed by atoms with Gasteiger partial charge in [0, 0.05) is 37.1 Å². The van der Waals surface area contributed by atoms with Gasteiger partial charge in [-0.05, 0) is 53.4 Å². The topological polar surface area (TPSA) is 128 Å². The van der Waals surface area contributed by atoms with Crippen LogP contribution in [0.3, 0.4) is 0 Å². The van der Waals surface area contributed by atoms with Crippen LogP contribution in [0.1, 0.15) is 33.5 Å². The van der Waals surface area contributed by atoms with E-state index in [4.69, 9.17) is 5.84 Å². The lowest BCUT2D eigenvalue weighted by atomic mass is 10.1. The fourth-order valence-electron chi connectivity index (χ4n) is 4.45. The van der Waals surface area contributed by atoms with E-state index in [9.17, 15) is 19.5 Å². The Morgan fingerprint density at radius 1 is 1.11 bits per heavy atom. The van der Waals surface area contributed by atoms with Crippen molar-refractivity contribution in [2.75, 3.05) is 23.8 Å². The van der Waals surface area contributed by atoms with E-state index in [1.165, 1.54) is 6.21 Å². The molecule has 0 fully saturated rings. The first-order valence-corrected chi connectivity index (χ1v) is 11.9. The van der Waals surface area contributed by atoms with E-state index in [2.05, 4.69) is 10.4 Å². The van der Waals surface area contributed by atoms with Gasteiger partial charge in [0.2, 0.25) is 5.91 Å². The third-order valence-electron chi connectivity index (χ3n) is 6.42. The van der Waals surface area contributed by atoms with Gasteiger partial charge in [-0.3, -0.25) is 14.4 Å². The second-order valence-electron chi connectivity index (χ2n) is 8.92. The zero-order valence-electron chi connectivity index (χ0n) is 20.5. The van der Waals surface area contributed by atoms with E-state index in [0.717, 1.165) is 22.4 Å². The van der Waals surface area contributed by atoms with Gasteiger partial charge >= 0.3 is 5.97 Å². The minimum absolute atomic E-state index is 0.246. The molecule has 0 saturated carbocycles. The highest BCUT2D eigenvalue weighted by Crippen LogP contribution is 2.30. The van der Waals surface area contributed by atoms with Gasteiger partial charge in [-0.2, -0.15) is 5.10 Å². The fraction of sp³-hybridized carbons (Fsp3) is 0.214. The van der Waals surface area contributed by atoms with E-state index in [0.29, 0.717) is 24.2 Å². The van der Waals surface area contributed by atoms with Gasteiger partial charge in [-0.1, -0.05) is 42.5 Å². The SMILES string of the molecule is CN1c2ccc(C(=O)Nc3ccc(C=NN)cc3)cc2CN(CCc2ccccc2)C(=O)C1CC(=O)O. The van der Waals surface area contributed by atoms with E-state index in [1.807, 2.05) is 30.3 Å². The van der Waals surface area contributed by atoms with Crippen LogP contribution in [-0.4, -0.2) is 53.6 Å². The molecule has 1 aliphatic rings. The van der Waals surface area contributed by atoms with Crippen LogP contribution >= 0.6 is 0 Å². The van der Waals surface area contributed by atoms with Crippen LogP contribution in [-0.2, 0) is 22.6 Å². The van der Waals surface area contributed by atoms with Gasteiger partial charge in [0.25, 0.3) is 5.91 Å². The molecule has 0 bridgehead atoms. The number of likely N-dealkylation sites (N-methyl/N-ethyl adjacent to an activating group) is 1. The maximum Gasteiger partial charge on any atom is 0.305 e. The number of carboxylic acids is 1. The van der Waals surface area contributed by atoms with E-state index in [1.54, 1.807) is 59.3 Å². The van der Waals surface area contributed by atoms with Crippen molar-refractivity contribution in [2.24, 2.45) is 10.9 Å². The molecule has 4 rings (SSSR count). The van der Waals surface area contributed by atoms with E-state index in [-0.39, 0.29) is 24.8 Å². The molecule has 37 heavy (non-hydrogen) atoms. The summed E-state index contributed by atoms with van der Waals surface area (Å²) in [5.41, 5.74) is 4.45. The number of aliphatic carboxylic acids is 1. The quantitative estimate of drug-likeness (QED) is 0.248. The van der Waals surface area contributed by atoms with E-state index < -0.39 is 12.0 Å². The van der Waals surface area contributed by atoms with Gasteiger partial charge in [0.1, 0.15) is 6.04 Å². The lowest BCUT2D eigenvalue weighted by Crippen LogP contribution is -2.46. The Labute approximate surface area is 215 Å². The van der Waals surface area contributed by atoms with Crippen molar-refractivity contribution in [3.63, 3.8) is 0 Å². The van der Waals surface area contributed by atoms with Crippen LogP contribution in [0, 0.1) is 0 Å². The zero-order valence-corrected chi connectivity index (χ0v) is 20.5. The van der Waals surface area contributed by atoms with Gasteiger partial charge < -0.3 is 26.1 Å². The zero-order chi connectivity index (χ0) is 26.4. The Morgan fingerprint density at radius 2 is 1.84 bits per heavy atom. The number of nitrogens with two attached hydrogens (primary N) is 1. The largest absolute Gasteiger partial charge is 0.481 e. The molecule has 0 saturated heterocycles. The van der Waals surface area contributed by atoms with Crippen molar-refractivity contribution in [3.8, 4) is 0 Å². The number of nitrogens with zero attached hydrogens (tertiary/aromatic N) is 3. The van der Waals surface area contributed by atoms with Crippen LogP contribution in [0.15, 0.2) is 77.9 Å². The number of carboxylic acid groups (broad SMARTS) is 1. The molecule has 1 heterocycles. The number of hydrazone groups is 1. The summed E-state index contributed by atoms with van der Waals surface area (Å²) in [5, 5.41) is 15.8. The molecule has 1 unspecified atom stereocenters. The molecule has 9 nitrogen and oxygen atoms in total. The first-order valence-electron chi connectivity index (χ1n) is 11.9. The second kappa shape index (κ2) is 11.4. The van der Waals surface area contributed by atoms with Crippen LogP contribution in [0.25, 0.3) is 0 Å². The number of carbonyl (C=O) groups is 3. The summed E-state index contributed by atoms with van der Waals surface area (Å²) in [4.78, 5) is 41.4. The first kappa shape index (κ1) is 25.4. The Balaban J connectivity index is 1.59. The minimum Gasteiger partial charge on any atom is -0.481 e. The molecule has 2 amide bonds. The Morgan fingerprint density at radius 3 is 2.51 bits per heavy atom. The fourth-order valence-corrected chi connectivity index (χ4v) is 4.45. The van der Waals surface area contributed by atoms with Crippen LogP contribution in [0.2, 0.25) is 0 Å². The number of amides is 2. The molecule has 0 aromatic heterocycles. The maximum absolute atomic E-state index is 13.4. The number of carbonyl (C=O) groups excluding carboxylic acids is 2. The maximum atomic E-state index is 13.4. The number of rotatable bonds is 8. The van der Waals surface area contributed by atoms with Crippen molar-refractivity contribution in [1.29, 1.82) is 0 Å². The summed E-state index contributed by atoms with van der Waals surface area (Å²) >= 11 is 0. The molecule has 4 N–H and O–H groups in total. The standard InChI is InChI=1S/C28H29N5O4/c1-32-24-12-9-21(27(36)31-23-10-7-20(8-11-23)17-30-29)15-22(24)18-33(28(37)25(32)16-26(34)35)14-13-19-5-3-2-4-6-19/h2-12,15,17,25H,13-14,16,18,29H2,1H3,(H,31,36)(H,34,35). The van der Waals surface area contributed by atoms with Crippen LogP contribution in [0.5, 0.6) is 0 Å². The second-order valence-corrected chi connectivity index (χ2v) is 8.92. The molecule has 3 aromatic rings. The average molecular weight is 500 g/mol. The third-order valence-corrected chi connectivity index (χ3v) is 6.42. The smallest absolute Gasteiger partial charge is 0.305 e. The lowest BCUT2D eigenvalue weighted by Gasteiger charge is -2.29. The minimum atomic E-state index is -1.04. The third kappa shape index (κ3) is 6.13. The van der Waals surface area contributed by atoms with Crippen molar-refractivity contribution in [1.82, 2.24) is 4.90 Å². The molecule has 0 aliphatic carbocycles. The molecule has 1 aliphatic heterocycles. The Hall–Kier alpha value is -4.66. The normalized spacial score (nSPS) is 15.4. The number of nitrogens with one attached hydrogen (secondary N) is 1. The summed E-state index contributed by atoms with van der Waals surface area (Å²) in [5.74, 6) is 3.59. The van der Waals surface area contributed by atoms with Crippen molar-refractivity contribution in [3.05, 3.63) is 95.1 Å². The van der Waals surface area contributed by atoms with Gasteiger partial charge in [-0.15, -0.1) is 0 Å². The van der Waals surface area contributed by atoms with Crippen LogP contribution in [0.4, 0.5) is 11.4 Å². The predicted octanol–water partition coefficient (Wildman–Crippen LogP) is 3.10. The van der Waals surface area contributed by atoms with Crippen molar-refractivity contribution in [2.45, 2.75) is 25.4 Å². The first-order chi connectivity index (χ1) is 17.9. The number of fused-ring (bicyclic) bond motifs is 1. The average Bonchev–Trinajstić information content (AvgIpc) is 2.99. The van der Waals surface area contributed by atoms with Gasteiger partial charge in [0.05, 0.1) is 12.6 Å². The van der Waals surface area contributed by atoms with Gasteiger partial charge in [0.15, 0.2) is 0 Å². The van der Waals surface area contributed by atoms with Crippen molar-refractivity contribution < 1.29 is 19.5 Å².